The van der Waals surface area contributed by atoms with Gasteiger partial charge in [-0.25, -0.2) is 22.8 Å². The van der Waals surface area contributed by atoms with Crippen LogP contribution >= 0.6 is 11.6 Å². The number of hydrogen-bond donors (Lipinski definition) is 3. The van der Waals surface area contributed by atoms with E-state index in [1.54, 1.807) is 0 Å². The van der Waals surface area contributed by atoms with Crippen molar-refractivity contribution >= 4 is 45.2 Å². The van der Waals surface area contributed by atoms with E-state index in [2.05, 4.69) is 15.3 Å². The molecule has 0 saturated heterocycles. The minimum absolute atomic E-state index is 0.0144. The van der Waals surface area contributed by atoms with Crippen molar-refractivity contribution in [2.75, 3.05) is 11.2 Å². The first kappa shape index (κ1) is 14.7. The van der Waals surface area contributed by atoms with E-state index in [0.29, 0.717) is 11.0 Å². The molecule has 0 fully saturated rings. The molecule has 0 spiro atoms. The number of nitrogen functional groups attached to an aromatic ring is 1. The van der Waals surface area contributed by atoms with Crippen molar-refractivity contribution in [3.63, 3.8) is 0 Å². The number of halogens is 4. The van der Waals surface area contributed by atoms with Crippen LogP contribution in [0.3, 0.4) is 0 Å². The van der Waals surface area contributed by atoms with Gasteiger partial charge in [0.25, 0.3) is 0 Å². The summed E-state index contributed by atoms with van der Waals surface area (Å²) in [7, 11) is 0. The second-order valence-corrected chi connectivity index (χ2v) is 5.55. The van der Waals surface area contributed by atoms with Crippen LogP contribution in [0.25, 0.3) is 21.9 Å². The van der Waals surface area contributed by atoms with Gasteiger partial charge in [0.05, 0.1) is 27.1 Å². The predicted molar refractivity (Wildman–Crippen MR) is 86.3 cm³/mol. The van der Waals surface area contributed by atoms with Crippen LogP contribution in [0.2, 0.25) is 5.02 Å². The number of rotatable bonds is 2. The van der Waals surface area contributed by atoms with Crippen LogP contribution in [0.4, 0.5) is 24.8 Å². The molecule has 0 unspecified atom stereocenters. The summed E-state index contributed by atoms with van der Waals surface area (Å²) in [5.41, 5.74) is 0.880. The van der Waals surface area contributed by atoms with E-state index in [4.69, 9.17) is 17.4 Å². The van der Waals surface area contributed by atoms with Gasteiger partial charge in [-0.1, -0.05) is 11.6 Å². The third-order valence-electron chi connectivity index (χ3n) is 3.74. The number of nitrogens with zero attached hydrogens (tertiary/aromatic N) is 2. The van der Waals surface area contributed by atoms with E-state index in [9.17, 15) is 13.2 Å². The average Bonchev–Trinajstić information content (AvgIpc) is 3.11. The fourth-order valence-corrected chi connectivity index (χ4v) is 2.72. The molecule has 2 heterocycles. The lowest BCUT2D eigenvalue weighted by Gasteiger charge is -2.05. The van der Waals surface area contributed by atoms with Gasteiger partial charge in [-0.2, -0.15) is 0 Å². The van der Waals surface area contributed by atoms with E-state index in [-0.39, 0.29) is 27.6 Å². The van der Waals surface area contributed by atoms with E-state index < -0.39 is 17.5 Å². The van der Waals surface area contributed by atoms with Crippen LogP contribution in [0.5, 0.6) is 0 Å². The van der Waals surface area contributed by atoms with Crippen LogP contribution in [-0.4, -0.2) is 14.6 Å². The largest absolute Gasteiger partial charge is 0.359 e. The van der Waals surface area contributed by atoms with E-state index in [1.165, 1.54) is 24.4 Å². The number of imidazole rings is 1. The lowest BCUT2D eigenvalue weighted by atomic mass is 10.2. The predicted octanol–water partition coefficient (Wildman–Crippen LogP) is 4.05. The lowest BCUT2D eigenvalue weighted by molar-refractivity contribution is 0.517. The molecule has 0 bridgehead atoms. The lowest BCUT2D eigenvalue weighted by Crippen LogP contribution is -2.11. The van der Waals surface area contributed by atoms with Crippen LogP contribution in [0.1, 0.15) is 0 Å². The van der Waals surface area contributed by atoms with E-state index >= 15 is 0 Å². The topological polar surface area (TPSA) is 71.7 Å². The molecule has 0 aliphatic rings. The van der Waals surface area contributed by atoms with Crippen molar-refractivity contribution in [3.8, 4) is 0 Å². The zero-order valence-corrected chi connectivity index (χ0v) is 12.6. The third-order valence-corrected chi connectivity index (χ3v) is 4.03. The zero-order valence-electron chi connectivity index (χ0n) is 11.9. The Balaban J connectivity index is 1.87. The number of anilines is 2. The first-order valence-electron chi connectivity index (χ1n) is 6.81. The van der Waals surface area contributed by atoms with Crippen molar-refractivity contribution in [2.24, 2.45) is 0 Å². The molecular formula is C15H9ClF3N5. The highest BCUT2D eigenvalue weighted by Crippen LogP contribution is 2.31. The fourth-order valence-electron chi connectivity index (χ4n) is 2.57. The van der Waals surface area contributed by atoms with Gasteiger partial charge < -0.3 is 16.1 Å². The second-order valence-electron chi connectivity index (χ2n) is 5.15. The summed E-state index contributed by atoms with van der Waals surface area (Å²) >= 11 is 5.73. The molecule has 122 valence electrons. The second kappa shape index (κ2) is 5.07. The highest BCUT2D eigenvalue weighted by Gasteiger charge is 2.18. The van der Waals surface area contributed by atoms with Crippen molar-refractivity contribution < 1.29 is 13.2 Å². The Morgan fingerprint density at radius 1 is 1.12 bits per heavy atom. The first-order valence-corrected chi connectivity index (χ1v) is 7.19. The smallest absolute Gasteiger partial charge is 0.227 e. The van der Waals surface area contributed by atoms with Gasteiger partial charge in [-0.05, 0) is 24.3 Å². The fraction of sp³-hybridized carbons (Fsp3) is 0. The van der Waals surface area contributed by atoms with Gasteiger partial charge >= 0.3 is 0 Å². The van der Waals surface area contributed by atoms with E-state index in [1.807, 2.05) is 0 Å². The summed E-state index contributed by atoms with van der Waals surface area (Å²) in [6.45, 7) is 0. The highest BCUT2D eigenvalue weighted by molar-refractivity contribution is 6.31. The van der Waals surface area contributed by atoms with Crippen molar-refractivity contribution in [2.45, 2.75) is 0 Å². The molecule has 2 aromatic heterocycles. The molecule has 5 nitrogen and oxygen atoms in total. The van der Waals surface area contributed by atoms with Crippen molar-refractivity contribution in [1.29, 1.82) is 0 Å². The van der Waals surface area contributed by atoms with Crippen LogP contribution in [-0.2, 0) is 0 Å². The molecule has 4 aromatic rings. The molecule has 0 aliphatic carbocycles. The third kappa shape index (κ3) is 2.00. The minimum Gasteiger partial charge on any atom is -0.359 e. The zero-order chi connectivity index (χ0) is 17.0. The van der Waals surface area contributed by atoms with Crippen molar-refractivity contribution in [3.05, 3.63) is 52.9 Å². The molecule has 4 N–H and O–H groups in total. The summed E-state index contributed by atoms with van der Waals surface area (Å²) in [6, 6.07) is 5.29. The van der Waals surface area contributed by atoms with Gasteiger partial charge in [0.2, 0.25) is 5.95 Å². The number of aromatic nitrogens is 3. The monoisotopic (exact) mass is 351 g/mol. The SMILES string of the molecule is Nn1c(Nc2c[nH]c3ccc(F)c(F)c23)nc2c(F)c(Cl)ccc21. The summed E-state index contributed by atoms with van der Waals surface area (Å²) < 4.78 is 42.6. The molecule has 24 heavy (non-hydrogen) atoms. The Morgan fingerprint density at radius 2 is 1.92 bits per heavy atom. The minimum atomic E-state index is -1.01. The van der Waals surface area contributed by atoms with Gasteiger partial charge in [0.1, 0.15) is 5.52 Å². The number of nitrogens with one attached hydrogen (secondary N) is 2. The maximum absolute atomic E-state index is 14.0. The molecule has 0 atom stereocenters. The van der Waals surface area contributed by atoms with Gasteiger partial charge in [-0.3, -0.25) is 0 Å². The van der Waals surface area contributed by atoms with Gasteiger partial charge in [0.15, 0.2) is 17.5 Å². The van der Waals surface area contributed by atoms with Crippen LogP contribution < -0.4 is 11.2 Å². The Hall–Kier alpha value is -2.87. The Bertz CT molecular complexity index is 1100. The van der Waals surface area contributed by atoms with E-state index in [0.717, 1.165) is 10.7 Å². The maximum Gasteiger partial charge on any atom is 0.227 e. The van der Waals surface area contributed by atoms with Gasteiger partial charge in [-0.15, -0.1) is 0 Å². The summed E-state index contributed by atoms with van der Waals surface area (Å²) in [5, 5.41) is 2.70. The molecule has 2 aromatic carbocycles. The molecule has 0 radical (unpaired) electrons. The molecule has 9 heteroatoms. The van der Waals surface area contributed by atoms with Crippen molar-refractivity contribution in [1.82, 2.24) is 14.6 Å². The highest BCUT2D eigenvalue weighted by atomic mass is 35.5. The summed E-state index contributed by atoms with van der Waals surface area (Å²) in [6.07, 6.45) is 1.44. The summed E-state index contributed by atoms with van der Waals surface area (Å²) in [5.74, 6) is 3.24. The maximum atomic E-state index is 14.0. The Morgan fingerprint density at radius 3 is 2.71 bits per heavy atom. The number of benzene rings is 2. The quantitative estimate of drug-likeness (QED) is 0.477. The Labute approximate surface area is 137 Å². The molecule has 0 amide bonds. The average molecular weight is 352 g/mol. The number of H-pyrrole nitrogens is 1. The Kier molecular flexibility index (Phi) is 3.10. The normalized spacial score (nSPS) is 11.5. The number of fused-ring (bicyclic) bond motifs is 2. The molecule has 4 rings (SSSR count). The number of hydrogen-bond acceptors (Lipinski definition) is 3. The molecule has 0 aliphatic heterocycles. The standard InChI is InChI=1S/C15H9ClF3N5/c16-6-1-4-10-14(12(6)18)23-15(24(10)20)22-9-5-21-8-3-2-7(17)13(19)11(8)9/h1-5,21H,20H2,(H,22,23). The van der Waals surface area contributed by atoms with Gasteiger partial charge in [0, 0.05) is 6.20 Å². The number of nitrogens with two attached hydrogens (primary N) is 1. The molecular weight excluding hydrogens is 343 g/mol. The first-order chi connectivity index (χ1) is 11.5. The van der Waals surface area contributed by atoms with Crippen LogP contribution in [0, 0.1) is 17.5 Å². The molecule has 0 saturated carbocycles. The summed E-state index contributed by atoms with van der Waals surface area (Å²) in [4.78, 5) is 6.85. The van der Waals surface area contributed by atoms with Crippen LogP contribution in [0.15, 0.2) is 30.5 Å². The number of aromatic amines is 1.